The minimum Gasteiger partial charge on any atom is -0.381 e. The summed E-state index contributed by atoms with van der Waals surface area (Å²) in [5, 5.41) is 5.33. The Hall–Kier alpha value is -2.32. The van der Waals surface area contributed by atoms with E-state index in [4.69, 9.17) is 14.5 Å². The van der Waals surface area contributed by atoms with Crippen molar-refractivity contribution in [2.75, 3.05) is 32.2 Å². The molecule has 0 aromatic carbocycles. The lowest BCUT2D eigenvalue weighted by Gasteiger charge is -2.36. The molecule has 0 aliphatic carbocycles. The van der Waals surface area contributed by atoms with Crippen LogP contribution in [0.3, 0.4) is 0 Å². The number of carbonyl (C=O) groups excluding carboxylic acids is 1. The highest BCUT2D eigenvalue weighted by molar-refractivity contribution is 5.96. The number of rotatable bonds is 10. The molecule has 38 heavy (non-hydrogen) atoms. The molecule has 4 heterocycles. The van der Waals surface area contributed by atoms with E-state index >= 15 is 0 Å². The summed E-state index contributed by atoms with van der Waals surface area (Å²) in [5.74, 6) is -3.08. The summed E-state index contributed by atoms with van der Waals surface area (Å²) < 4.78 is 80.2. The fourth-order valence-corrected chi connectivity index (χ4v) is 5.17. The van der Waals surface area contributed by atoms with Gasteiger partial charge in [-0.05, 0) is 26.3 Å². The third kappa shape index (κ3) is 6.81. The molecule has 0 saturated carbocycles. The Morgan fingerprint density at radius 1 is 1.21 bits per heavy atom. The first-order chi connectivity index (χ1) is 18.0. The average molecular weight is 551 g/mol. The van der Waals surface area contributed by atoms with E-state index in [0.29, 0.717) is 49.8 Å². The molecule has 14 heteroatoms. The van der Waals surface area contributed by atoms with Crippen molar-refractivity contribution >= 4 is 17.6 Å². The second-order valence-corrected chi connectivity index (χ2v) is 10.1. The summed E-state index contributed by atoms with van der Waals surface area (Å²) in [6.45, 7) is 2.12. The number of imidazole rings is 1. The zero-order valence-electron chi connectivity index (χ0n) is 21.5. The Morgan fingerprint density at radius 2 is 1.95 bits per heavy atom. The molecule has 1 amide bonds. The van der Waals surface area contributed by atoms with E-state index in [2.05, 4.69) is 21.0 Å². The topological polar surface area (TPSA) is 102 Å². The SMILES string of the molecule is CCCC(F)(F)CCC(NC)c1cn2c(n1)N=C(C1CCOCC1)C(CC1OC(C(F)(F)F)CNC1=O)N2. The van der Waals surface area contributed by atoms with Gasteiger partial charge in [0.05, 0.1) is 30.5 Å². The van der Waals surface area contributed by atoms with E-state index < -0.39 is 48.8 Å². The number of hydrogen-bond donors (Lipinski definition) is 3. The van der Waals surface area contributed by atoms with Gasteiger partial charge >= 0.3 is 6.18 Å². The third-order valence-electron chi connectivity index (χ3n) is 7.24. The summed E-state index contributed by atoms with van der Waals surface area (Å²) in [6, 6.07) is -1.05. The van der Waals surface area contributed by atoms with Crippen LogP contribution in [0, 0.1) is 5.92 Å². The lowest BCUT2D eigenvalue weighted by Crippen LogP contribution is -2.56. The molecule has 4 rings (SSSR count). The second-order valence-electron chi connectivity index (χ2n) is 10.1. The Labute approximate surface area is 217 Å². The predicted octanol–water partition coefficient (Wildman–Crippen LogP) is 3.62. The van der Waals surface area contributed by atoms with Gasteiger partial charge in [-0.1, -0.05) is 13.3 Å². The number of ether oxygens (including phenoxy) is 2. The van der Waals surface area contributed by atoms with E-state index in [1.165, 1.54) is 0 Å². The van der Waals surface area contributed by atoms with Crippen LogP contribution < -0.4 is 16.1 Å². The van der Waals surface area contributed by atoms with Crippen LogP contribution >= 0.6 is 0 Å². The van der Waals surface area contributed by atoms with Gasteiger partial charge < -0.3 is 25.5 Å². The van der Waals surface area contributed by atoms with Gasteiger partial charge in [-0.25, -0.2) is 23.4 Å². The molecule has 1 aromatic rings. The molecule has 0 spiro atoms. The number of morpholine rings is 1. The van der Waals surface area contributed by atoms with Crippen LogP contribution in [0.25, 0.3) is 0 Å². The van der Waals surface area contributed by atoms with Gasteiger partial charge in [0.15, 0.2) is 6.10 Å². The predicted molar refractivity (Wildman–Crippen MR) is 129 cm³/mol. The Morgan fingerprint density at radius 3 is 2.61 bits per heavy atom. The molecule has 4 atom stereocenters. The van der Waals surface area contributed by atoms with E-state index in [1.807, 2.05) is 0 Å². The lowest BCUT2D eigenvalue weighted by molar-refractivity contribution is -0.238. The zero-order chi connectivity index (χ0) is 27.5. The maximum atomic E-state index is 14.1. The molecule has 1 aromatic heterocycles. The van der Waals surface area contributed by atoms with Crippen molar-refractivity contribution in [2.45, 2.75) is 88.3 Å². The minimum absolute atomic E-state index is 0.0203. The first-order valence-electron chi connectivity index (χ1n) is 13.1. The van der Waals surface area contributed by atoms with Crippen LogP contribution in [0.1, 0.15) is 63.6 Å². The summed E-state index contributed by atoms with van der Waals surface area (Å²) in [6.07, 6.45) is -5.04. The van der Waals surface area contributed by atoms with Gasteiger partial charge in [0.25, 0.3) is 0 Å². The minimum atomic E-state index is -4.61. The number of halogens is 5. The molecule has 3 aliphatic rings. The molecule has 4 unspecified atom stereocenters. The van der Waals surface area contributed by atoms with Gasteiger partial charge in [-0.2, -0.15) is 13.2 Å². The summed E-state index contributed by atoms with van der Waals surface area (Å²) in [5.41, 5.74) is 4.40. The molecule has 0 radical (unpaired) electrons. The van der Waals surface area contributed by atoms with Crippen LogP contribution in [0.15, 0.2) is 11.2 Å². The van der Waals surface area contributed by atoms with Crippen LogP contribution in [-0.4, -0.2) is 78.4 Å². The van der Waals surface area contributed by atoms with Crippen LogP contribution in [0.2, 0.25) is 0 Å². The number of carbonyl (C=O) groups is 1. The number of alkyl halides is 5. The second kappa shape index (κ2) is 11.8. The van der Waals surface area contributed by atoms with E-state index in [-0.39, 0.29) is 31.6 Å². The van der Waals surface area contributed by atoms with Gasteiger partial charge in [0.2, 0.25) is 17.8 Å². The van der Waals surface area contributed by atoms with Crippen LogP contribution in [0.5, 0.6) is 0 Å². The molecular weight excluding hydrogens is 515 g/mol. The van der Waals surface area contributed by atoms with E-state index in [1.54, 1.807) is 24.8 Å². The highest BCUT2D eigenvalue weighted by Crippen LogP contribution is 2.33. The highest BCUT2D eigenvalue weighted by Gasteiger charge is 2.47. The molecule has 2 saturated heterocycles. The molecule has 0 bridgehead atoms. The number of nitrogens with one attached hydrogen (secondary N) is 3. The Balaban J connectivity index is 1.55. The first kappa shape index (κ1) is 28.7. The van der Waals surface area contributed by atoms with Crippen molar-refractivity contribution in [2.24, 2.45) is 10.9 Å². The number of amides is 1. The molecule has 3 N–H and O–H groups in total. The quantitative estimate of drug-likeness (QED) is 0.385. The standard InChI is InChI=1S/C24H35F5N6O3/c1-3-7-23(25,26)8-4-15(30-2)17-13-35-22(32-17)33-20(14-5-9-37-10-6-14)16(34-35)11-18-21(36)31-12-19(38-18)24(27,28)29/h13-16,18-19,30,34H,3-12H2,1-2H3,(H,31,36). The van der Waals surface area contributed by atoms with Crippen molar-refractivity contribution in [3.63, 3.8) is 0 Å². The van der Waals surface area contributed by atoms with Crippen molar-refractivity contribution in [3.05, 3.63) is 11.9 Å². The fourth-order valence-electron chi connectivity index (χ4n) is 5.17. The third-order valence-corrected chi connectivity index (χ3v) is 7.24. The first-order valence-corrected chi connectivity index (χ1v) is 13.1. The zero-order valence-corrected chi connectivity index (χ0v) is 21.5. The van der Waals surface area contributed by atoms with Crippen molar-refractivity contribution in [3.8, 4) is 0 Å². The van der Waals surface area contributed by atoms with Gasteiger partial charge in [-0.15, -0.1) is 0 Å². The number of aromatic nitrogens is 2. The largest absolute Gasteiger partial charge is 0.416 e. The molecule has 9 nitrogen and oxygen atoms in total. The Kier molecular flexibility index (Phi) is 8.92. The van der Waals surface area contributed by atoms with Gasteiger partial charge in [-0.3, -0.25) is 4.79 Å². The summed E-state index contributed by atoms with van der Waals surface area (Å²) >= 11 is 0. The van der Waals surface area contributed by atoms with Crippen molar-refractivity contribution in [1.82, 2.24) is 20.3 Å². The fraction of sp³-hybridized carbons (Fsp3) is 0.792. The molecular formula is C24H35F5N6O3. The normalized spacial score (nSPS) is 25.8. The molecule has 2 fully saturated rings. The van der Waals surface area contributed by atoms with Crippen molar-refractivity contribution < 1.29 is 36.2 Å². The maximum absolute atomic E-state index is 14.1. The molecule has 214 valence electrons. The number of fused-ring (bicyclic) bond motifs is 1. The monoisotopic (exact) mass is 550 g/mol. The number of hydrogen-bond acceptors (Lipinski definition) is 7. The number of nitrogens with zero attached hydrogens (tertiary/aromatic N) is 3. The number of aliphatic imine (C=N–C) groups is 1. The highest BCUT2D eigenvalue weighted by atomic mass is 19.4. The van der Waals surface area contributed by atoms with E-state index in [0.717, 1.165) is 0 Å². The van der Waals surface area contributed by atoms with Crippen LogP contribution in [0.4, 0.5) is 27.9 Å². The van der Waals surface area contributed by atoms with E-state index in [9.17, 15) is 26.7 Å². The maximum Gasteiger partial charge on any atom is 0.416 e. The van der Waals surface area contributed by atoms with Crippen LogP contribution in [-0.2, 0) is 14.3 Å². The Bertz CT molecular complexity index is 995. The lowest BCUT2D eigenvalue weighted by atomic mass is 9.87. The smallest absolute Gasteiger partial charge is 0.381 e. The van der Waals surface area contributed by atoms with Gasteiger partial charge in [0, 0.05) is 44.1 Å². The average Bonchev–Trinajstić information content (AvgIpc) is 3.27. The summed E-state index contributed by atoms with van der Waals surface area (Å²) in [7, 11) is 1.67. The van der Waals surface area contributed by atoms with Gasteiger partial charge in [0.1, 0.15) is 6.10 Å². The summed E-state index contributed by atoms with van der Waals surface area (Å²) in [4.78, 5) is 21.7. The van der Waals surface area contributed by atoms with Crippen molar-refractivity contribution in [1.29, 1.82) is 0 Å². The molecule has 3 aliphatic heterocycles.